The number of pyridine rings is 1. The highest BCUT2D eigenvalue weighted by molar-refractivity contribution is 6.05. The summed E-state index contributed by atoms with van der Waals surface area (Å²) in [6.45, 7) is 4.26. The maximum atomic E-state index is 13.0. The van der Waals surface area contributed by atoms with Crippen LogP contribution in [-0.2, 0) is 0 Å². The quantitative estimate of drug-likeness (QED) is 0.373. The van der Waals surface area contributed by atoms with Crippen molar-refractivity contribution in [2.45, 2.75) is 25.7 Å². The first-order valence-electron chi connectivity index (χ1n) is 12.3. The molecule has 2 aromatic carbocycles. The van der Waals surface area contributed by atoms with Gasteiger partial charge in [0.05, 0.1) is 0 Å². The van der Waals surface area contributed by atoms with Gasteiger partial charge in [0.1, 0.15) is 5.82 Å². The zero-order chi connectivity index (χ0) is 24.9. The van der Waals surface area contributed by atoms with E-state index in [0.717, 1.165) is 35.6 Å². The highest BCUT2D eigenvalue weighted by Crippen LogP contribution is 2.28. The predicted octanol–water partition coefficient (Wildman–Crippen LogP) is 5.65. The van der Waals surface area contributed by atoms with E-state index in [1.54, 1.807) is 24.7 Å². The summed E-state index contributed by atoms with van der Waals surface area (Å²) in [6.07, 6.45) is 7.51. The van der Waals surface area contributed by atoms with Crippen LogP contribution in [0.4, 0.5) is 17.2 Å². The van der Waals surface area contributed by atoms with Gasteiger partial charge in [0.15, 0.2) is 5.82 Å². The molecule has 2 aromatic heterocycles. The fourth-order valence-corrected chi connectivity index (χ4v) is 4.48. The van der Waals surface area contributed by atoms with Crippen LogP contribution in [0.25, 0.3) is 11.4 Å². The summed E-state index contributed by atoms with van der Waals surface area (Å²) in [5.41, 5.74) is 5.38. The topological polar surface area (TPSA) is 83.0 Å². The number of amides is 1. The Morgan fingerprint density at radius 1 is 1.00 bits per heavy atom. The number of anilines is 3. The Hall–Kier alpha value is -4.10. The van der Waals surface area contributed by atoms with Gasteiger partial charge in [-0.15, -0.1) is 0 Å². The number of piperidine rings is 1. The number of nitrogens with one attached hydrogen (secondary N) is 2. The lowest BCUT2D eigenvalue weighted by molar-refractivity contribution is 0.102. The smallest absolute Gasteiger partial charge is 0.255 e. The van der Waals surface area contributed by atoms with Gasteiger partial charge in [0, 0.05) is 41.1 Å². The molecule has 1 aliphatic rings. The van der Waals surface area contributed by atoms with Crippen molar-refractivity contribution in [3.05, 3.63) is 95.9 Å². The zero-order valence-electron chi connectivity index (χ0n) is 20.6. The molecule has 36 heavy (non-hydrogen) atoms. The average Bonchev–Trinajstić information content (AvgIpc) is 2.91. The highest BCUT2D eigenvalue weighted by atomic mass is 16.1. The lowest BCUT2D eigenvalue weighted by atomic mass is 9.89. The standard InChI is InChI=1S/C29H30N6O/c1-20-5-6-23(18-26(20)33-27-11-15-31-28(34-27)24-4-3-14-30-19-24)29(36)32-25-9-7-21(8-10-25)22-12-16-35(2)17-13-22/h3-11,14-15,18-19,22H,12-13,16-17H2,1-2H3,(H,32,36)(H,31,33,34). The molecule has 0 spiro atoms. The van der Waals surface area contributed by atoms with Gasteiger partial charge in [0.25, 0.3) is 5.91 Å². The van der Waals surface area contributed by atoms with E-state index in [1.807, 2.05) is 49.4 Å². The molecule has 7 heteroatoms. The summed E-state index contributed by atoms with van der Waals surface area (Å²) < 4.78 is 0. The molecular formula is C29H30N6O. The van der Waals surface area contributed by atoms with Crippen LogP contribution in [0.1, 0.15) is 40.2 Å². The first-order chi connectivity index (χ1) is 17.5. The van der Waals surface area contributed by atoms with Crippen molar-refractivity contribution >= 4 is 23.1 Å². The summed E-state index contributed by atoms with van der Waals surface area (Å²) in [4.78, 5) is 28.5. The van der Waals surface area contributed by atoms with Crippen LogP contribution in [0.2, 0.25) is 0 Å². The van der Waals surface area contributed by atoms with Crippen molar-refractivity contribution in [1.82, 2.24) is 19.9 Å². The Morgan fingerprint density at radius 2 is 1.81 bits per heavy atom. The van der Waals surface area contributed by atoms with E-state index >= 15 is 0 Å². The van der Waals surface area contributed by atoms with E-state index in [2.05, 4.69) is 49.7 Å². The number of nitrogens with zero attached hydrogens (tertiary/aromatic N) is 4. The van der Waals surface area contributed by atoms with Crippen LogP contribution in [0.5, 0.6) is 0 Å². The van der Waals surface area contributed by atoms with Gasteiger partial charge < -0.3 is 15.5 Å². The molecule has 1 fully saturated rings. The van der Waals surface area contributed by atoms with E-state index < -0.39 is 0 Å². The Bertz CT molecular complexity index is 1330. The molecule has 4 aromatic rings. The van der Waals surface area contributed by atoms with Gasteiger partial charge in [-0.3, -0.25) is 9.78 Å². The number of aromatic nitrogens is 3. The van der Waals surface area contributed by atoms with Gasteiger partial charge in [-0.25, -0.2) is 9.97 Å². The van der Waals surface area contributed by atoms with E-state index in [0.29, 0.717) is 23.1 Å². The van der Waals surface area contributed by atoms with Crippen molar-refractivity contribution in [2.75, 3.05) is 30.8 Å². The van der Waals surface area contributed by atoms with Crippen LogP contribution in [0, 0.1) is 6.92 Å². The van der Waals surface area contributed by atoms with Gasteiger partial charge in [-0.2, -0.15) is 0 Å². The number of benzene rings is 2. The summed E-state index contributed by atoms with van der Waals surface area (Å²) in [5, 5.41) is 6.36. The second kappa shape index (κ2) is 10.7. The van der Waals surface area contributed by atoms with E-state index in [9.17, 15) is 4.79 Å². The number of carbonyl (C=O) groups is 1. The van der Waals surface area contributed by atoms with Gasteiger partial charge >= 0.3 is 0 Å². The summed E-state index contributed by atoms with van der Waals surface area (Å²) in [5.74, 6) is 1.68. The third-order valence-corrected chi connectivity index (χ3v) is 6.70. The first-order valence-corrected chi connectivity index (χ1v) is 12.3. The fourth-order valence-electron chi connectivity index (χ4n) is 4.48. The summed E-state index contributed by atoms with van der Waals surface area (Å²) in [7, 11) is 2.17. The molecule has 5 rings (SSSR count). The number of likely N-dealkylation sites (tertiary alicyclic amines) is 1. The molecular weight excluding hydrogens is 448 g/mol. The molecule has 3 heterocycles. The van der Waals surface area contributed by atoms with Gasteiger partial charge in [-0.05, 0) is 99.4 Å². The van der Waals surface area contributed by atoms with Crippen LogP contribution in [0.15, 0.2) is 79.3 Å². The van der Waals surface area contributed by atoms with Crippen molar-refractivity contribution in [3.8, 4) is 11.4 Å². The van der Waals surface area contributed by atoms with Crippen LogP contribution >= 0.6 is 0 Å². The molecule has 0 unspecified atom stereocenters. The Labute approximate surface area is 211 Å². The maximum absolute atomic E-state index is 13.0. The van der Waals surface area contributed by atoms with Crippen LogP contribution in [0.3, 0.4) is 0 Å². The highest BCUT2D eigenvalue weighted by Gasteiger charge is 2.18. The SMILES string of the molecule is Cc1ccc(C(=O)Nc2ccc(C3CCN(C)CC3)cc2)cc1Nc1ccnc(-c2cccnc2)n1. The van der Waals surface area contributed by atoms with E-state index in [-0.39, 0.29) is 5.91 Å². The van der Waals surface area contributed by atoms with Crippen molar-refractivity contribution in [3.63, 3.8) is 0 Å². The zero-order valence-corrected chi connectivity index (χ0v) is 20.6. The molecule has 0 atom stereocenters. The molecule has 1 saturated heterocycles. The molecule has 182 valence electrons. The monoisotopic (exact) mass is 478 g/mol. The Morgan fingerprint density at radius 3 is 2.56 bits per heavy atom. The minimum absolute atomic E-state index is 0.149. The number of aryl methyl sites for hydroxylation is 1. The van der Waals surface area contributed by atoms with Crippen LogP contribution < -0.4 is 10.6 Å². The van der Waals surface area contributed by atoms with Crippen molar-refractivity contribution < 1.29 is 4.79 Å². The molecule has 2 N–H and O–H groups in total. The summed E-state index contributed by atoms with van der Waals surface area (Å²) >= 11 is 0. The molecule has 0 radical (unpaired) electrons. The fraction of sp³-hybridized carbons (Fsp3) is 0.241. The normalized spacial score (nSPS) is 14.4. The molecule has 1 amide bonds. The van der Waals surface area contributed by atoms with E-state index in [1.165, 1.54) is 18.4 Å². The lowest BCUT2D eigenvalue weighted by Gasteiger charge is -2.29. The second-order valence-corrected chi connectivity index (χ2v) is 9.32. The molecule has 0 aliphatic carbocycles. The molecule has 0 saturated carbocycles. The molecule has 1 aliphatic heterocycles. The number of hydrogen-bond donors (Lipinski definition) is 2. The van der Waals surface area contributed by atoms with Crippen molar-refractivity contribution in [2.24, 2.45) is 0 Å². The number of hydrogen-bond acceptors (Lipinski definition) is 6. The second-order valence-electron chi connectivity index (χ2n) is 9.32. The maximum Gasteiger partial charge on any atom is 0.255 e. The summed E-state index contributed by atoms with van der Waals surface area (Å²) in [6, 6.07) is 19.5. The minimum Gasteiger partial charge on any atom is -0.340 e. The van der Waals surface area contributed by atoms with Gasteiger partial charge in [0.2, 0.25) is 0 Å². The molecule has 0 bridgehead atoms. The number of carbonyl (C=O) groups excluding carboxylic acids is 1. The third-order valence-electron chi connectivity index (χ3n) is 6.70. The van der Waals surface area contributed by atoms with Crippen molar-refractivity contribution in [1.29, 1.82) is 0 Å². The largest absolute Gasteiger partial charge is 0.340 e. The first kappa shape index (κ1) is 23.6. The minimum atomic E-state index is -0.149. The predicted molar refractivity (Wildman–Crippen MR) is 144 cm³/mol. The average molecular weight is 479 g/mol. The lowest BCUT2D eigenvalue weighted by Crippen LogP contribution is -2.29. The van der Waals surface area contributed by atoms with E-state index in [4.69, 9.17) is 0 Å². The third kappa shape index (κ3) is 5.58. The Kier molecular flexibility index (Phi) is 7.00. The number of rotatable bonds is 6. The Balaban J connectivity index is 1.27. The van der Waals surface area contributed by atoms with Gasteiger partial charge in [-0.1, -0.05) is 18.2 Å². The molecule has 7 nitrogen and oxygen atoms in total. The van der Waals surface area contributed by atoms with Crippen LogP contribution in [-0.4, -0.2) is 45.9 Å².